The monoisotopic (exact) mass is 293 g/mol. The van der Waals surface area contributed by atoms with Crippen molar-refractivity contribution in [3.63, 3.8) is 0 Å². The Morgan fingerprint density at radius 3 is 2.73 bits per heavy atom. The summed E-state index contributed by atoms with van der Waals surface area (Å²) in [5.74, 6) is 0.332. The molecule has 3 N–H and O–H groups in total. The molecular formula is C18H19N3O. The summed E-state index contributed by atoms with van der Waals surface area (Å²) in [6, 6.07) is 16.2. The van der Waals surface area contributed by atoms with Crippen LogP contribution >= 0.6 is 0 Å². The van der Waals surface area contributed by atoms with Crippen LogP contribution in [0, 0.1) is 0 Å². The number of hydrogen-bond acceptors (Lipinski definition) is 3. The molecule has 0 unspecified atom stereocenters. The van der Waals surface area contributed by atoms with Crippen LogP contribution < -0.4 is 11.1 Å². The number of amides is 1. The Hall–Kier alpha value is -2.33. The molecule has 0 aromatic heterocycles. The highest BCUT2D eigenvalue weighted by atomic mass is 16.2. The molecule has 0 spiro atoms. The number of anilines is 1. The summed E-state index contributed by atoms with van der Waals surface area (Å²) in [4.78, 5) is 14.6. The van der Waals surface area contributed by atoms with Gasteiger partial charge < -0.3 is 11.1 Å². The molecule has 0 bridgehead atoms. The lowest BCUT2D eigenvalue weighted by Gasteiger charge is -2.43. The first-order valence-corrected chi connectivity index (χ1v) is 7.70. The van der Waals surface area contributed by atoms with Gasteiger partial charge in [-0.15, -0.1) is 0 Å². The minimum atomic E-state index is -0.245. The van der Waals surface area contributed by atoms with Gasteiger partial charge in [-0.2, -0.15) is 0 Å². The number of benzene rings is 2. The van der Waals surface area contributed by atoms with E-state index in [-0.39, 0.29) is 17.9 Å². The summed E-state index contributed by atoms with van der Waals surface area (Å²) in [6.07, 6.45) is 0. The first-order chi connectivity index (χ1) is 10.8. The highest BCUT2D eigenvalue weighted by Crippen LogP contribution is 2.42. The van der Waals surface area contributed by atoms with E-state index in [1.54, 1.807) is 0 Å². The van der Waals surface area contributed by atoms with Crippen molar-refractivity contribution < 1.29 is 4.79 Å². The summed E-state index contributed by atoms with van der Waals surface area (Å²) < 4.78 is 0. The Morgan fingerprint density at radius 2 is 1.91 bits per heavy atom. The molecule has 2 aromatic rings. The van der Waals surface area contributed by atoms with Gasteiger partial charge in [0.15, 0.2) is 0 Å². The molecule has 4 nitrogen and oxygen atoms in total. The molecule has 1 saturated heterocycles. The number of nitrogen functional groups attached to an aromatic ring is 1. The van der Waals surface area contributed by atoms with Crippen molar-refractivity contribution in [1.29, 1.82) is 0 Å². The fraction of sp³-hybridized carbons (Fsp3) is 0.278. The fourth-order valence-electron chi connectivity index (χ4n) is 3.75. The van der Waals surface area contributed by atoms with E-state index >= 15 is 0 Å². The molecule has 2 heterocycles. The van der Waals surface area contributed by atoms with E-state index in [2.05, 4.69) is 40.5 Å². The van der Waals surface area contributed by atoms with Crippen LogP contribution in [0.15, 0.2) is 48.5 Å². The van der Waals surface area contributed by atoms with Crippen LogP contribution in [-0.4, -0.2) is 30.4 Å². The quantitative estimate of drug-likeness (QED) is 0.789. The van der Waals surface area contributed by atoms with Gasteiger partial charge in [0.25, 0.3) is 0 Å². The van der Waals surface area contributed by atoms with Crippen molar-refractivity contribution in [2.75, 3.05) is 25.4 Å². The van der Waals surface area contributed by atoms with Gasteiger partial charge in [0.2, 0.25) is 5.91 Å². The second-order valence-corrected chi connectivity index (χ2v) is 6.00. The predicted molar refractivity (Wildman–Crippen MR) is 86.5 cm³/mol. The number of rotatable bonds is 1. The smallest absolute Gasteiger partial charge is 0.242 e. The first-order valence-electron chi connectivity index (χ1n) is 7.70. The van der Waals surface area contributed by atoms with Gasteiger partial charge in [0.1, 0.15) is 6.04 Å². The van der Waals surface area contributed by atoms with E-state index in [0.717, 1.165) is 18.7 Å². The molecular weight excluding hydrogens is 274 g/mol. The minimum Gasteiger partial charge on any atom is -0.398 e. The van der Waals surface area contributed by atoms with Gasteiger partial charge >= 0.3 is 0 Å². The first kappa shape index (κ1) is 13.3. The highest BCUT2D eigenvalue weighted by molar-refractivity contribution is 5.87. The minimum absolute atomic E-state index is 0.0666. The van der Waals surface area contributed by atoms with E-state index in [1.165, 1.54) is 11.1 Å². The number of carbonyl (C=O) groups excluding carboxylic acids is 1. The molecule has 2 aliphatic rings. The molecule has 2 aromatic carbocycles. The Balaban J connectivity index is 1.88. The lowest BCUT2D eigenvalue weighted by Crippen LogP contribution is -2.53. The van der Waals surface area contributed by atoms with Gasteiger partial charge in [-0.05, 0) is 17.2 Å². The van der Waals surface area contributed by atoms with E-state index < -0.39 is 0 Å². The summed E-state index contributed by atoms with van der Waals surface area (Å²) >= 11 is 0. The maximum Gasteiger partial charge on any atom is 0.242 e. The Morgan fingerprint density at radius 1 is 1.09 bits per heavy atom. The fourth-order valence-corrected chi connectivity index (χ4v) is 3.75. The molecule has 4 heteroatoms. The second kappa shape index (κ2) is 5.14. The van der Waals surface area contributed by atoms with Gasteiger partial charge in [-0.1, -0.05) is 42.5 Å². The third-order valence-corrected chi connectivity index (χ3v) is 4.75. The number of nitrogens with one attached hydrogen (secondary N) is 1. The molecule has 1 amide bonds. The molecule has 0 radical (unpaired) electrons. The summed E-state index contributed by atoms with van der Waals surface area (Å²) in [5, 5.41) is 2.97. The average Bonchev–Trinajstić information content (AvgIpc) is 2.55. The maximum absolute atomic E-state index is 12.4. The number of nitrogens with zero attached hydrogens (tertiary/aromatic N) is 1. The zero-order chi connectivity index (χ0) is 15.1. The molecule has 0 saturated carbocycles. The van der Waals surface area contributed by atoms with Crippen molar-refractivity contribution in [3.8, 4) is 0 Å². The van der Waals surface area contributed by atoms with Crippen LogP contribution in [-0.2, 0) is 4.79 Å². The third kappa shape index (κ3) is 1.99. The second-order valence-electron chi connectivity index (χ2n) is 6.00. The van der Waals surface area contributed by atoms with Gasteiger partial charge in [-0.3, -0.25) is 9.69 Å². The zero-order valence-electron chi connectivity index (χ0n) is 12.3. The zero-order valence-corrected chi connectivity index (χ0v) is 12.3. The largest absolute Gasteiger partial charge is 0.398 e. The van der Waals surface area contributed by atoms with E-state index in [0.29, 0.717) is 12.2 Å². The lowest BCUT2D eigenvalue weighted by atomic mass is 9.80. The van der Waals surface area contributed by atoms with Crippen LogP contribution in [0.3, 0.4) is 0 Å². The Bertz CT molecular complexity index is 714. The van der Waals surface area contributed by atoms with Gasteiger partial charge in [-0.25, -0.2) is 0 Å². The molecule has 2 aliphatic heterocycles. The highest BCUT2D eigenvalue weighted by Gasteiger charge is 2.40. The van der Waals surface area contributed by atoms with Crippen LogP contribution in [0.5, 0.6) is 0 Å². The Kier molecular flexibility index (Phi) is 3.12. The van der Waals surface area contributed by atoms with Crippen molar-refractivity contribution in [2.45, 2.75) is 12.0 Å². The van der Waals surface area contributed by atoms with Crippen LogP contribution in [0.2, 0.25) is 0 Å². The van der Waals surface area contributed by atoms with Gasteiger partial charge in [0.05, 0.1) is 0 Å². The lowest BCUT2D eigenvalue weighted by molar-refractivity contribution is -0.129. The van der Waals surface area contributed by atoms with E-state index in [4.69, 9.17) is 5.73 Å². The summed E-state index contributed by atoms with van der Waals surface area (Å²) in [7, 11) is 0. The Labute approximate surface area is 129 Å². The van der Waals surface area contributed by atoms with Crippen molar-refractivity contribution >= 4 is 11.6 Å². The SMILES string of the molecule is Nc1cccc2c1[C@H]1C(=O)NCCN1C[C@H]2c1ccccc1. The predicted octanol–water partition coefficient (Wildman–Crippen LogP) is 1.89. The van der Waals surface area contributed by atoms with Crippen LogP contribution in [0.25, 0.3) is 0 Å². The average molecular weight is 293 g/mol. The topological polar surface area (TPSA) is 58.4 Å². The van der Waals surface area contributed by atoms with E-state index in [9.17, 15) is 4.79 Å². The number of fused-ring (bicyclic) bond motifs is 3. The van der Waals surface area contributed by atoms with Crippen molar-refractivity contribution in [2.24, 2.45) is 0 Å². The number of piperazine rings is 1. The molecule has 112 valence electrons. The van der Waals surface area contributed by atoms with E-state index in [1.807, 2.05) is 18.2 Å². The molecule has 4 rings (SSSR count). The van der Waals surface area contributed by atoms with Crippen LogP contribution in [0.1, 0.15) is 28.7 Å². The van der Waals surface area contributed by atoms with Gasteiger partial charge in [0, 0.05) is 36.8 Å². The van der Waals surface area contributed by atoms with Crippen LogP contribution in [0.4, 0.5) is 5.69 Å². The normalized spacial score (nSPS) is 24.3. The number of nitrogens with two attached hydrogens (primary N) is 1. The van der Waals surface area contributed by atoms with Crippen molar-refractivity contribution in [3.05, 3.63) is 65.2 Å². The standard InChI is InChI=1S/C18H19N3O/c19-15-8-4-7-13-14(12-5-2-1-3-6-12)11-21-10-9-20-18(22)17(21)16(13)15/h1-8,14,17H,9-11,19H2,(H,20,22)/t14-,17-/m0/s1. The summed E-state index contributed by atoms with van der Waals surface area (Å²) in [6.45, 7) is 2.44. The molecule has 22 heavy (non-hydrogen) atoms. The number of hydrogen-bond donors (Lipinski definition) is 2. The summed E-state index contributed by atoms with van der Waals surface area (Å²) in [5.41, 5.74) is 10.4. The molecule has 0 aliphatic carbocycles. The van der Waals surface area contributed by atoms with Crippen molar-refractivity contribution in [1.82, 2.24) is 10.2 Å². The third-order valence-electron chi connectivity index (χ3n) is 4.75. The molecule has 2 atom stereocenters. The maximum atomic E-state index is 12.4. The molecule has 1 fully saturated rings. The number of carbonyl (C=O) groups is 1.